The highest BCUT2D eigenvalue weighted by molar-refractivity contribution is 5.78. The summed E-state index contributed by atoms with van der Waals surface area (Å²) >= 11 is 0. The van der Waals surface area contributed by atoms with Crippen LogP contribution in [0.15, 0.2) is 24.5 Å². The summed E-state index contributed by atoms with van der Waals surface area (Å²) in [5.74, 6) is 0.746. The summed E-state index contributed by atoms with van der Waals surface area (Å²) in [5, 5.41) is 0. The molecule has 2 heterocycles. The molecule has 5 heteroatoms. The number of hydrogen-bond acceptors (Lipinski definition) is 4. The lowest BCUT2D eigenvalue weighted by Crippen LogP contribution is -2.37. The van der Waals surface area contributed by atoms with Gasteiger partial charge in [0.25, 0.3) is 0 Å². The third kappa shape index (κ3) is 3.94. The number of carbonyl (C=O) groups excluding carboxylic acids is 1. The molecule has 1 aromatic heterocycles. The number of amides is 1. The van der Waals surface area contributed by atoms with Crippen molar-refractivity contribution in [2.75, 3.05) is 26.3 Å². The van der Waals surface area contributed by atoms with Gasteiger partial charge in [0.1, 0.15) is 6.61 Å². The average molecular weight is 358 g/mol. The zero-order valence-corrected chi connectivity index (χ0v) is 15.6. The van der Waals surface area contributed by atoms with Crippen LogP contribution in [-0.2, 0) is 20.9 Å². The van der Waals surface area contributed by atoms with Crippen LogP contribution in [0.4, 0.5) is 0 Å². The second-order valence-electron chi connectivity index (χ2n) is 8.29. The van der Waals surface area contributed by atoms with Crippen LogP contribution in [0.5, 0.6) is 0 Å². The maximum Gasteiger partial charge on any atom is 0.248 e. The largest absolute Gasteiger partial charge is 0.376 e. The van der Waals surface area contributed by atoms with Gasteiger partial charge in [-0.1, -0.05) is 19.3 Å². The topological polar surface area (TPSA) is 51.7 Å². The summed E-state index contributed by atoms with van der Waals surface area (Å²) in [4.78, 5) is 18.7. The van der Waals surface area contributed by atoms with Gasteiger partial charge >= 0.3 is 0 Å². The van der Waals surface area contributed by atoms with E-state index in [1.165, 1.54) is 32.1 Å². The monoisotopic (exact) mass is 358 g/mol. The molecule has 0 aromatic carbocycles. The molecule has 0 unspecified atom stereocenters. The molecule has 5 nitrogen and oxygen atoms in total. The smallest absolute Gasteiger partial charge is 0.248 e. The Morgan fingerprint density at radius 2 is 2.00 bits per heavy atom. The number of fused-ring (bicyclic) bond motifs is 1. The number of aromatic nitrogens is 1. The van der Waals surface area contributed by atoms with Crippen LogP contribution in [0, 0.1) is 11.3 Å². The van der Waals surface area contributed by atoms with E-state index in [1.807, 2.05) is 17.0 Å². The predicted octanol–water partition coefficient (Wildman–Crippen LogP) is 3.19. The standard InChI is InChI=1S/C21H30N2O3/c24-20(14-26-19-5-1-2-6-19)23-12-18-4-3-9-21(18,15-23)16-25-13-17-7-10-22-11-8-17/h7-8,10-11,18-19H,1-6,9,12-16H2/t18-,21+/m1/s1. The van der Waals surface area contributed by atoms with Gasteiger partial charge in [-0.3, -0.25) is 9.78 Å². The van der Waals surface area contributed by atoms with Crippen LogP contribution in [0.2, 0.25) is 0 Å². The Balaban J connectivity index is 1.28. The van der Waals surface area contributed by atoms with Crippen molar-refractivity contribution >= 4 is 5.91 Å². The first-order valence-corrected chi connectivity index (χ1v) is 10.1. The molecule has 4 rings (SSSR count). The van der Waals surface area contributed by atoms with Crippen molar-refractivity contribution in [2.45, 2.75) is 57.7 Å². The van der Waals surface area contributed by atoms with E-state index < -0.39 is 0 Å². The summed E-state index contributed by atoms with van der Waals surface area (Å²) in [6.45, 7) is 3.33. The van der Waals surface area contributed by atoms with E-state index in [0.29, 0.717) is 18.6 Å². The fourth-order valence-corrected chi connectivity index (χ4v) is 5.03. The molecule has 1 amide bonds. The van der Waals surface area contributed by atoms with Gasteiger partial charge < -0.3 is 14.4 Å². The van der Waals surface area contributed by atoms with Crippen LogP contribution in [0.1, 0.15) is 50.5 Å². The second kappa shape index (κ2) is 8.05. The Bertz CT molecular complexity index is 603. The molecule has 1 saturated heterocycles. The van der Waals surface area contributed by atoms with Gasteiger partial charge in [0.2, 0.25) is 5.91 Å². The summed E-state index contributed by atoms with van der Waals surface area (Å²) in [7, 11) is 0. The average Bonchev–Trinajstić information content (AvgIpc) is 3.36. The van der Waals surface area contributed by atoms with Crippen LogP contribution in [0.25, 0.3) is 0 Å². The van der Waals surface area contributed by atoms with E-state index in [1.54, 1.807) is 12.4 Å². The highest BCUT2D eigenvalue weighted by atomic mass is 16.5. The number of carbonyl (C=O) groups is 1. The molecule has 0 radical (unpaired) electrons. The number of pyridine rings is 1. The van der Waals surface area contributed by atoms with Gasteiger partial charge in [0.15, 0.2) is 0 Å². The van der Waals surface area contributed by atoms with Crippen LogP contribution in [0.3, 0.4) is 0 Å². The third-order valence-corrected chi connectivity index (χ3v) is 6.54. The van der Waals surface area contributed by atoms with E-state index >= 15 is 0 Å². The van der Waals surface area contributed by atoms with Crippen molar-refractivity contribution in [3.63, 3.8) is 0 Å². The minimum Gasteiger partial charge on any atom is -0.376 e. The zero-order valence-electron chi connectivity index (χ0n) is 15.6. The minimum absolute atomic E-state index is 0.149. The van der Waals surface area contributed by atoms with Crippen molar-refractivity contribution in [2.24, 2.45) is 11.3 Å². The predicted molar refractivity (Wildman–Crippen MR) is 98.5 cm³/mol. The number of ether oxygens (including phenoxy) is 2. The Hall–Kier alpha value is -1.46. The van der Waals surface area contributed by atoms with Crippen LogP contribution in [-0.4, -0.2) is 48.2 Å². The maximum atomic E-state index is 12.6. The van der Waals surface area contributed by atoms with Gasteiger partial charge in [-0.25, -0.2) is 0 Å². The molecule has 0 bridgehead atoms. The normalized spacial score (nSPS) is 28.6. The lowest BCUT2D eigenvalue weighted by Gasteiger charge is -2.28. The lowest BCUT2D eigenvalue weighted by atomic mass is 9.81. The van der Waals surface area contributed by atoms with Crippen molar-refractivity contribution in [3.05, 3.63) is 30.1 Å². The number of rotatable bonds is 7. The SMILES string of the molecule is O=C(COC1CCCC1)N1C[C@H]2CCC[C@@]2(COCc2ccncc2)C1. The molecule has 2 saturated carbocycles. The van der Waals surface area contributed by atoms with Gasteiger partial charge in [-0.15, -0.1) is 0 Å². The van der Waals surface area contributed by atoms with E-state index in [-0.39, 0.29) is 17.9 Å². The first kappa shape index (κ1) is 17.9. The highest BCUT2D eigenvalue weighted by Gasteiger charge is 2.50. The highest BCUT2D eigenvalue weighted by Crippen LogP contribution is 2.49. The third-order valence-electron chi connectivity index (χ3n) is 6.54. The minimum atomic E-state index is 0.149. The number of likely N-dealkylation sites (tertiary alicyclic amines) is 1. The van der Waals surface area contributed by atoms with Crippen molar-refractivity contribution in [1.29, 1.82) is 0 Å². The maximum absolute atomic E-state index is 12.6. The molecule has 26 heavy (non-hydrogen) atoms. The molecule has 0 N–H and O–H groups in total. The molecule has 1 aliphatic heterocycles. The summed E-state index contributed by atoms with van der Waals surface area (Å²) in [6.07, 6.45) is 12.2. The first-order chi connectivity index (χ1) is 12.8. The quantitative estimate of drug-likeness (QED) is 0.751. The molecular weight excluding hydrogens is 328 g/mol. The Morgan fingerprint density at radius 3 is 2.81 bits per heavy atom. The van der Waals surface area contributed by atoms with E-state index in [2.05, 4.69) is 4.98 Å². The zero-order chi connectivity index (χ0) is 17.8. The number of nitrogens with zero attached hydrogens (tertiary/aromatic N) is 2. The Labute approximate surface area is 156 Å². The Morgan fingerprint density at radius 1 is 1.19 bits per heavy atom. The summed E-state index contributed by atoms with van der Waals surface area (Å²) in [6, 6.07) is 3.99. The molecule has 3 aliphatic rings. The molecule has 142 valence electrons. The lowest BCUT2D eigenvalue weighted by molar-refractivity contribution is -0.137. The van der Waals surface area contributed by atoms with Gasteiger partial charge in [0, 0.05) is 30.9 Å². The molecule has 2 aliphatic carbocycles. The van der Waals surface area contributed by atoms with Crippen LogP contribution < -0.4 is 0 Å². The van der Waals surface area contributed by atoms with Crippen molar-refractivity contribution in [1.82, 2.24) is 9.88 Å². The molecule has 1 aromatic rings. The van der Waals surface area contributed by atoms with E-state index in [9.17, 15) is 4.79 Å². The Kier molecular flexibility index (Phi) is 5.55. The first-order valence-electron chi connectivity index (χ1n) is 10.1. The number of hydrogen-bond donors (Lipinski definition) is 0. The summed E-state index contributed by atoms with van der Waals surface area (Å²) < 4.78 is 11.9. The van der Waals surface area contributed by atoms with Crippen molar-refractivity contribution in [3.8, 4) is 0 Å². The van der Waals surface area contributed by atoms with Gasteiger partial charge in [0.05, 0.1) is 19.3 Å². The fourth-order valence-electron chi connectivity index (χ4n) is 5.03. The van der Waals surface area contributed by atoms with E-state index in [4.69, 9.17) is 9.47 Å². The molecular formula is C21H30N2O3. The summed E-state index contributed by atoms with van der Waals surface area (Å²) in [5.41, 5.74) is 1.30. The van der Waals surface area contributed by atoms with Crippen molar-refractivity contribution < 1.29 is 14.3 Å². The second-order valence-corrected chi connectivity index (χ2v) is 8.29. The fraction of sp³-hybridized carbons (Fsp3) is 0.714. The molecule has 3 fully saturated rings. The molecule has 2 atom stereocenters. The van der Waals surface area contributed by atoms with E-state index in [0.717, 1.165) is 38.1 Å². The molecule has 0 spiro atoms. The van der Waals surface area contributed by atoms with Crippen LogP contribution >= 0.6 is 0 Å². The van der Waals surface area contributed by atoms with Gasteiger partial charge in [-0.05, 0) is 49.3 Å². The van der Waals surface area contributed by atoms with Gasteiger partial charge in [-0.2, -0.15) is 0 Å².